The largest absolute Gasteiger partial charge is 0.407 e. The predicted octanol–water partition coefficient (Wildman–Crippen LogP) is 15.9. The maximum Gasteiger partial charge on any atom is 0.261 e. The molecule has 2 aromatic rings. The van der Waals surface area contributed by atoms with E-state index in [-0.39, 0.29) is 5.04 Å². The number of nitrogens with one attached hydrogen (secondary N) is 1. The Morgan fingerprint density at radius 1 is 0.483 bits per heavy atom. The molecule has 0 saturated carbocycles. The average molecular weight is 810 g/mol. The lowest BCUT2D eigenvalue weighted by atomic mass is 9.99. The van der Waals surface area contributed by atoms with Gasteiger partial charge in [0.1, 0.15) is 0 Å². The molecule has 0 radical (unpaired) electrons. The van der Waals surface area contributed by atoms with Crippen LogP contribution in [0.5, 0.6) is 0 Å². The summed E-state index contributed by atoms with van der Waals surface area (Å²) < 4.78 is 7.19. The number of benzene rings is 2. The van der Waals surface area contributed by atoms with E-state index in [4.69, 9.17) is 4.43 Å². The fraction of sp³-hybridized carbons (Fsp3) is 0.636. The Balaban J connectivity index is 1.76. The Morgan fingerprint density at radius 3 is 1.29 bits per heavy atom. The fourth-order valence-electron chi connectivity index (χ4n) is 8.27. The van der Waals surface area contributed by atoms with Gasteiger partial charge in [0.25, 0.3) is 8.32 Å². The standard InChI is InChI=1S/C55H91NOSi/c1-6-8-10-12-14-16-18-20-22-24-26-28-30-32-36-44-52(45-37-33-31-29-27-25-23-21-19-17-15-13-11-9-7-2)56-50-42-43-51-57-58(55(3,4)5,53-46-38-34-39-47-53)54-48-40-35-41-49-54/h14-17,20-23,34-35,38-41,46-49,52,56H,6-13,18-19,24-33,36-37,42-45,50-51H2,1-5H3/b16-14-,17-15-,22-20-,23-21-. The summed E-state index contributed by atoms with van der Waals surface area (Å²) in [6.07, 6.45) is 52.6. The van der Waals surface area contributed by atoms with Gasteiger partial charge in [0, 0.05) is 12.6 Å². The molecular formula is C55H91NOSi. The van der Waals surface area contributed by atoms with E-state index in [1.165, 1.54) is 158 Å². The summed E-state index contributed by atoms with van der Waals surface area (Å²) in [5, 5.41) is 6.82. The number of hydrogen-bond donors (Lipinski definition) is 1. The minimum atomic E-state index is -2.46. The van der Waals surface area contributed by atoms with E-state index in [0.717, 1.165) is 32.4 Å². The Hall–Kier alpha value is -2.46. The molecule has 58 heavy (non-hydrogen) atoms. The molecule has 3 heteroatoms. The summed E-state index contributed by atoms with van der Waals surface area (Å²) in [6, 6.07) is 22.8. The van der Waals surface area contributed by atoms with Crippen LogP contribution < -0.4 is 15.7 Å². The van der Waals surface area contributed by atoms with E-state index in [2.05, 4.69) is 149 Å². The third-order valence-electron chi connectivity index (χ3n) is 11.7. The van der Waals surface area contributed by atoms with Crippen LogP contribution in [-0.2, 0) is 4.43 Å². The molecular weight excluding hydrogens is 719 g/mol. The zero-order valence-electron chi connectivity index (χ0n) is 38.7. The summed E-state index contributed by atoms with van der Waals surface area (Å²) in [5.41, 5.74) is 0. The smallest absolute Gasteiger partial charge is 0.261 e. The molecule has 0 bridgehead atoms. The minimum absolute atomic E-state index is 0.0299. The van der Waals surface area contributed by atoms with Crippen molar-refractivity contribution in [3.63, 3.8) is 0 Å². The van der Waals surface area contributed by atoms with Crippen LogP contribution in [0.2, 0.25) is 5.04 Å². The Morgan fingerprint density at radius 2 is 0.879 bits per heavy atom. The number of rotatable bonds is 37. The Labute approximate surface area is 362 Å². The average Bonchev–Trinajstić information content (AvgIpc) is 3.23. The topological polar surface area (TPSA) is 21.3 Å². The second-order valence-electron chi connectivity index (χ2n) is 17.9. The lowest BCUT2D eigenvalue weighted by Crippen LogP contribution is -2.66. The van der Waals surface area contributed by atoms with Crippen molar-refractivity contribution in [3.05, 3.63) is 109 Å². The maximum atomic E-state index is 7.19. The molecule has 0 spiro atoms. The van der Waals surface area contributed by atoms with Crippen molar-refractivity contribution in [3.8, 4) is 0 Å². The van der Waals surface area contributed by atoms with E-state index in [9.17, 15) is 0 Å². The number of allylic oxidation sites excluding steroid dienone is 8. The van der Waals surface area contributed by atoms with Crippen molar-refractivity contribution in [2.75, 3.05) is 13.2 Å². The molecule has 1 N–H and O–H groups in total. The van der Waals surface area contributed by atoms with Gasteiger partial charge in [-0.25, -0.2) is 0 Å². The molecule has 0 aliphatic carbocycles. The highest BCUT2D eigenvalue weighted by Crippen LogP contribution is 2.36. The van der Waals surface area contributed by atoms with E-state index in [1.54, 1.807) is 0 Å². The molecule has 0 atom stereocenters. The summed E-state index contributed by atoms with van der Waals surface area (Å²) >= 11 is 0. The van der Waals surface area contributed by atoms with Gasteiger partial charge < -0.3 is 9.74 Å². The molecule has 0 aliphatic heterocycles. The zero-order chi connectivity index (χ0) is 41.7. The van der Waals surface area contributed by atoms with Crippen LogP contribution >= 0.6 is 0 Å². The van der Waals surface area contributed by atoms with Gasteiger partial charge in [0.2, 0.25) is 0 Å². The highest BCUT2D eigenvalue weighted by molar-refractivity contribution is 6.99. The SMILES string of the molecule is CCCCC/C=C\C/C=C\CCCCCCCC(CCCCCCC/C=C\C/C=C\CCCCC)NCCCCO[Si](c1ccccc1)(c1ccccc1)C(C)(C)C. The van der Waals surface area contributed by atoms with Crippen LogP contribution in [0.3, 0.4) is 0 Å². The number of unbranched alkanes of at least 4 members (excludes halogenated alkanes) is 17. The third kappa shape index (κ3) is 24.0. The second-order valence-corrected chi connectivity index (χ2v) is 22.2. The highest BCUT2D eigenvalue weighted by Gasteiger charge is 2.49. The molecule has 326 valence electrons. The maximum absolute atomic E-state index is 7.19. The molecule has 0 saturated heterocycles. The van der Waals surface area contributed by atoms with Crippen molar-refractivity contribution in [2.45, 2.75) is 213 Å². The van der Waals surface area contributed by atoms with Crippen LogP contribution in [0.1, 0.15) is 202 Å². The fourth-order valence-corrected chi connectivity index (χ4v) is 12.9. The van der Waals surface area contributed by atoms with Gasteiger partial charge >= 0.3 is 0 Å². The summed E-state index contributed by atoms with van der Waals surface area (Å²) in [7, 11) is -2.46. The summed E-state index contributed by atoms with van der Waals surface area (Å²) in [4.78, 5) is 0. The van der Waals surface area contributed by atoms with E-state index in [1.807, 2.05) is 0 Å². The first-order chi connectivity index (χ1) is 28.5. The summed E-state index contributed by atoms with van der Waals surface area (Å²) in [6.45, 7) is 13.6. The van der Waals surface area contributed by atoms with E-state index in [0.29, 0.717) is 6.04 Å². The second kappa shape index (κ2) is 35.3. The predicted molar refractivity (Wildman–Crippen MR) is 263 cm³/mol. The van der Waals surface area contributed by atoms with Crippen LogP contribution in [0.4, 0.5) is 0 Å². The molecule has 0 amide bonds. The first-order valence-corrected chi connectivity index (χ1v) is 26.4. The van der Waals surface area contributed by atoms with Gasteiger partial charge in [-0.1, -0.05) is 221 Å². The zero-order valence-corrected chi connectivity index (χ0v) is 39.7. The lowest BCUT2D eigenvalue weighted by Gasteiger charge is -2.43. The van der Waals surface area contributed by atoms with Crippen molar-refractivity contribution in [1.29, 1.82) is 0 Å². The van der Waals surface area contributed by atoms with Crippen molar-refractivity contribution < 1.29 is 4.43 Å². The Kier molecular flexibility index (Phi) is 31.5. The molecule has 0 fully saturated rings. The first kappa shape index (κ1) is 51.7. The molecule has 2 nitrogen and oxygen atoms in total. The monoisotopic (exact) mass is 810 g/mol. The lowest BCUT2D eigenvalue weighted by molar-refractivity contribution is 0.285. The first-order valence-electron chi connectivity index (χ1n) is 24.5. The molecule has 2 aromatic carbocycles. The van der Waals surface area contributed by atoms with Crippen molar-refractivity contribution in [2.24, 2.45) is 0 Å². The van der Waals surface area contributed by atoms with Gasteiger partial charge in [-0.3, -0.25) is 0 Å². The molecule has 0 aromatic heterocycles. The molecule has 2 rings (SSSR count). The van der Waals surface area contributed by atoms with Crippen molar-refractivity contribution >= 4 is 18.7 Å². The molecule has 0 aliphatic rings. The van der Waals surface area contributed by atoms with Gasteiger partial charge in [0.15, 0.2) is 0 Å². The summed E-state index contributed by atoms with van der Waals surface area (Å²) in [5.74, 6) is 0. The van der Waals surface area contributed by atoms with Gasteiger partial charge in [-0.2, -0.15) is 0 Å². The van der Waals surface area contributed by atoms with Crippen LogP contribution in [0.15, 0.2) is 109 Å². The van der Waals surface area contributed by atoms with E-state index >= 15 is 0 Å². The van der Waals surface area contributed by atoms with Crippen LogP contribution in [-0.4, -0.2) is 27.5 Å². The highest BCUT2D eigenvalue weighted by atomic mass is 28.4. The van der Waals surface area contributed by atoms with Crippen LogP contribution in [0, 0.1) is 0 Å². The van der Waals surface area contributed by atoms with Gasteiger partial charge in [-0.15, -0.1) is 0 Å². The molecule has 0 unspecified atom stereocenters. The van der Waals surface area contributed by atoms with Gasteiger partial charge in [-0.05, 0) is 112 Å². The van der Waals surface area contributed by atoms with Gasteiger partial charge in [0.05, 0.1) is 0 Å². The molecule has 0 heterocycles. The van der Waals surface area contributed by atoms with E-state index < -0.39 is 8.32 Å². The quantitative estimate of drug-likeness (QED) is 0.0417. The Bertz CT molecular complexity index is 1220. The normalized spacial score (nSPS) is 12.8. The third-order valence-corrected chi connectivity index (χ3v) is 16.8. The van der Waals surface area contributed by atoms with Crippen molar-refractivity contribution in [1.82, 2.24) is 5.32 Å². The minimum Gasteiger partial charge on any atom is -0.407 e. The van der Waals surface area contributed by atoms with Crippen LogP contribution in [0.25, 0.3) is 0 Å². The number of hydrogen-bond acceptors (Lipinski definition) is 2.